The van der Waals surface area contributed by atoms with Crippen LogP contribution in [0, 0.1) is 12.8 Å². The average Bonchev–Trinajstić information content (AvgIpc) is 3.29. The average molecular weight is 370 g/mol. The van der Waals surface area contributed by atoms with E-state index in [1.54, 1.807) is 6.33 Å². The fourth-order valence-corrected chi connectivity index (χ4v) is 3.50. The lowest BCUT2D eigenvalue weighted by Gasteiger charge is -2.37. The number of aromatic nitrogens is 6. The lowest BCUT2D eigenvalue weighted by Crippen LogP contribution is -2.47. The Labute approximate surface area is 158 Å². The third-order valence-electron chi connectivity index (χ3n) is 4.97. The van der Waals surface area contributed by atoms with Crippen molar-refractivity contribution < 1.29 is 4.42 Å². The van der Waals surface area contributed by atoms with Gasteiger partial charge >= 0.3 is 0 Å². The SMILES string of the molecule is Cc1cc(N2CCN(C(C)c3nnc(CC(C)C)o3)CC2)n2ncnc2n1. The molecule has 1 aliphatic rings. The number of nitrogens with zero attached hydrogens (tertiary/aromatic N) is 8. The summed E-state index contributed by atoms with van der Waals surface area (Å²) in [7, 11) is 0. The summed E-state index contributed by atoms with van der Waals surface area (Å²) < 4.78 is 7.68. The molecule has 4 heterocycles. The molecule has 9 heteroatoms. The fourth-order valence-electron chi connectivity index (χ4n) is 3.50. The molecule has 1 unspecified atom stereocenters. The second kappa shape index (κ2) is 7.22. The van der Waals surface area contributed by atoms with Crippen molar-refractivity contribution in [2.24, 2.45) is 5.92 Å². The first-order valence-corrected chi connectivity index (χ1v) is 9.50. The van der Waals surface area contributed by atoms with Crippen molar-refractivity contribution in [2.45, 2.75) is 40.2 Å². The predicted molar refractivity (Wildman–Crippen MR) is 101 cm³/mol. The van der Waals surface area contributed by atoms with Gasteiger partial charge in [-0.25, -0.2) is 4.98 Å². The molecular formula is C18H26N8O. The molecule has 144 valence electrons. The molecule has 4 rings (SSSR count). The van der Waals surface area contributed by atoms with E-state index in [2.05, 4.69) is 61.9 Å². The van der Waals surface area contributed by atoms with Gasteiger partial charge in [0, 0.05) is 44.4 Å². The Morgan fingerprint density at radius 3 is 2.63 bits per heavy atom. The van der Waals surface area contributed by atoms with Crippen LogP contribution < -0.4 is 4.90 Å². The Morgan fingerprint density at radius 1 is 1.11 bits per heavy atom. The highest BCUT2D eigenvalue weighted by molar-refractivity contribution is 5.47. The van der Waals surface area contributed by atoms with Crippen LogP contribution in [-0.2, 0) is 6.42 Å². The van der Waals surface area contributed by atoms with Gasteiger partial charge in [0.2, 0.25) is 11.8 Å². The van der Waals surface area contributed by atoms with Gasteiger partial charge in [-0.3, -0.25) is 4.90 Å². The molecule has 3 aromatic heterocycles. The maximum atomic E-state index is 5.88. The van der Waals surface area contributed by atoms with Gasteiger partial charge in [0.15, 0.2) is 0 Å². The minimum Gasteiger partial charge on any atom is -0.424 e. The van der Waals surface area contributed by atoms with E-state index >= 15 is 0 Å². The van der Waals surface area contributed by atoms with Gasteiger partial charge in [-0.05, 0) is 19.8 Å². The topological polar surface area (TPSA) is 88.5 Å². The minimum absolute atomic E-state index is 0.117. The van der Waals surface area contributed by atoms with Gasteiger partial charge in [-0.2, -0.15) is 14.6 Å². The zero-order valence-corrected chi connectivity index (χ0v) is 16.3. The summed E-state index contributed by atoms with van der Waals surface area (Å²) in [5.41, 5.74) is 0.949. The number of hydrogen-bond acceptors (Lipinski definition) is 8. The normalized spacial score (nSPS) is 17.1. The summed E-state index contributed by atoms with van der Waals surface area (Å²) in [6.45, 7) is 12.1. The van der Waals surface area contributed by atoms with Crippen LogP contribution in [0.5, 0.6) is 0 Å². The number of rotatable bonds is 5. The third kappa shape index (κ3) is 3.64. The van der Waals surface area contributed by atoms with Crippen LogP contribution in [0.15, 0.2) is 16.8 Å². The third-order valence-corrected chi connectivity index (χ3v) is 4.97. The first-order chi connectivity index (χ1) is 13.0. The molecule has 27 heavy (non-hydrogen) atoms. The number of aryl methyl sites for hydroxylation is 1. The van der Waals surface area contributed by atoms with Crippen LogP contribution in [0.2, 0.25) is 0 Å². The molecule has 0 aliphatic carbocycles. The standard InChI is InChI=1S/C18H26N8O/c1-12(2)9-15-22-23-17(27-15)14(4)24-5-7-25(8-6-24)16-10-13(3)21-18-19-11-20-26(16)18/h10-12,14H,5-9H2,1-4H3. The minimum atomic E-state index is 0.117. The predicted octanol–water partition coefficient (Wildman–Crippen LogP) is 1.90. The Balaban J connectivity index is 1.44. The van der Waals surface area contributed by atoms with Gasteiger partial charge < -0.3 is 9.32 Å². The van der Waals surface area contributed by atoms with Crippen molar-refractivity contribution in [2.75, 3.05) is 31.1 Å². The van der Waals surface area contributed by atoms with E-state index in [1.807, 2.05) is 11.4 Å². The second-order valence-corrected chi connectivity index (χ2v) is 7.56. The molecule has 1 fully saturated rings. The van der Waals surface area contributed by atoms with Crippen molar-refractivity contribution in [3.8, 4) is 0 Å². The van der Waals surface area contributed by atoms with E-state index in [4.69, 9.17) is 4.42 Å². The van der Waals surface area contributed by atoms with E-state index in [0.29, 0.717) is 17.6 Å². The summed E-state index contributed by atoms with van der Waals surface area (Å²) in [6, 6.07) is 2.18. The van der Waals surface area contributed by atoms with Crippen LogP contribution >= 0.6 is 0 Å². The zero-order valence-electron chi connectivity index (χ0n) is 16.3. The molecular weight excluding hydrogens is 344 g/mol. The number of hydrogen-bond donors (Lipinski definition) is 0. The molecule has 9 nitrogen and oxygen atoms in total. The first kappa shape index (κ1) is 17.8. The van der Waals surface area contributed by atoms with Crippen LogP contribution in [0.4, 0.5) is 5.82 Å². The largest absolute Gasteiger partial charge is 0.424 e. The van der Waals surface area contributed by atoms with Crippen molar-refractivity contribution in [1.29, 1.82) is 0 Å². The second-order valence-electron chi connectivity index (χ2n) is 7.56. The smallest absolute Gasteiger partial charge is 0.254 e. The Morgan fingerprint density at radius 2 is 1.89 bits per heavy atom. The van der Waals surface area contributed by atoms with Crippen molar-refractivity contribution in [3.63, 3.8) is 0 Å². The zero-order chi connectivity index (χ0) is 19.0. The van der Waals surface area contributed by atoms with Crippen LogP contribution in [-0.4, -0.2) is 60.9 Å². The molecule has 1 aliphatic heterocycles. The maximum absolute atomic E-state index is 5.88. The highest BCUT2D eigenvalue weighted by Gasteiger charge is 2.27. The van der Waals surface area contributed by atoms with Crippen molar-refractivity contribution in [1.82, 2.24) is 34.7 Å². The van der Waals surface area contributed by atoms with Gasteiger partial charge in [0.25, 0.3) is 5.78 Å². The molecule has 0 aromatic carbocycles. The highest BCUT2D eigenvalue weighted by atomic mass is 16.4. The van der Waals surface area contributed by atoms with E-state index in [9.17, 15) is 0 Å². The Kier molecular flexibility index (Phi) is 4.77. The maximum Gasteiger partial charge on any atom is 0.254 e. The highest BCUT2D eigenvalue weighted by Crippen LogP contribution is 2.24. The van der Waals surface area contributed by atoms with Gasteiger partial charge in [0.1, 0.15) is 12.1 Å². The molecule has 0 bridgehead atoms. The molecule has 0 amide bonds. The summed E-state index contributed by atoms with van der Waals surface area (Å²) in [5, 5.41) is 12.8. The summed E-state index contributed by atoms with van der Waals surface area (Å²) in [5.74, 6) is 3.63. The molecule has 0 saturated carbocycles. The fraction of sp³-hybridized carbons (Fsp3) is 0.611. The Bertz CT molecular complexity index is 909. The lowest BCUT2D eigenvalue weighted by molar-refractivity contribution is 0.170. The van der Waals surface area contributed by atoms with Gasteiger partial charge in [0.05, 0.1) is 6.04 Å². The molecule has 0 radical (unpaired) electrons. The first-order valence-electron chi connectivity index (χ1n) is 9.50. The number of anilines is 1. The molecule has 1 saturated heterocycles. The van der Waals surface area contributed by atoms with Gasteiger partial charge in [-0.1, -0.05) is 13.8 Å². The van der Waals surface area contributed by atoms with Crippen molar-refractivity contribution >= 4 is 11.6 Å². The number of piperazine rings is 1. The van der Waals surface area contributed by atoms with Crippen LogP contribution in [0.25, 0.3) is 5.78 Å². The molecule has 0 N–H and O–H groups in total. The van der Waals surface area contributed by atoms with E-state index in [0.717, 1.165) is 50.0 Å². The quantitative estimate of drug-likeness (QED) is 0.673. The van der Waals surface area contributed by atoms with E-state index in [1.165, 1.54) is 0 Å². The molecule has 3 aromatic rings. The summed E-state index contributed by atoms with van der Waals surface area (Å²) in [4.78, 5) is 13.4. The number of fused-ring (bicyclic) bond motifs is 1. The van der Waals surface area contributed by atoms with E-state index in [-0.39, 0.29) is 6.04 Å². The monoisotopic (exact) mass is 370 g/mol. The summed E-state index contributed by atoms with van der Waals surface area (Å²) in [6.07, 6.45) is 2.37. The van der Waals surface area contributed by atoms with Crippen LogP contribution in [0.1, 0.15) is 44.3 Å². The van der Waals surface area contributed by atoms with Crippen LogP contribution in [0.3, 0.4) is 0 Å². The lowest BCUT2D eigenvalue weighted by atomic mass is 10.1. The molecule has 0 spiro atoms. The summed E-state index contributed by atoms with van der Waals surface area (Å²) >= 11 is 0. The van der Waals surface area contributed by atoms with Crippen molar-refractivity contribution in [3.05, 3.63) is 29.9 Å². The van der Waals surface area contributed by atoms with Gasteiger partial charge in [-0.15, -0.1) is 10.2 Å². The van der Waals surface area contributed by atoms with E-state index < -0.39 is 0 Å². The molecule has 1 atom stereocenters. The Hall–Kier alpha value is -2.55.